The molecule has 0 unspecified atom stereocenters. The highest BCUT2D eigenvalue weighted by Crippen LogP contribution is 2.28. The molecule has 0 radical (unpaired) electrons. The predicted molar refractivity (Wildman–Crippen MR) is 105 cm³/mol. The summed E-state index contributed by atoms with van der Waals surface area (Å²) in [7, 11) is 0. The number of anilines is 2. The van der Waals surface area contributed by atoms with E-state index >= 15 is 0 Å². The van der Waals surface area contributed by atoms with Crippen molar-refractivity contribution >= 4 is 23.3 Å². The number of ether oxygens (including phenoxy) is 1. The van der Waals surface area contributed by atoms with Crippen LogP contribution in [0.2, 0.25) is 0 Å². The molecule has 0 saturated heterocycles. The van der Waals surface area contributed by atoms with Crippen LogP contribution in [0, 0.1) is 0 Å². The Morgan fingerprint density at radius 2 is 1.37 bits per heavy atom. The topological polar surface area (TPSA) is 79.5 Å². The minimum absolute atomic E-state index is 0.168. The fraction of sp³-hybridized carbons (Fsp3) is 0.0476. The Bertz CT molecular complexity index is 899. The summed E-state index contributed by atoms with van der Waals surface area (Å²) in [5.74, 6) is 0.827. The summed E-state index contributed by atoms with van der Waals surface area (Å²) >= 11 is 0. The highest BCUT2D eigenvalue weighted by Gasteiger charge is 2.10. The van der Waals surface area contributed by atoms with Crippen LogP contribution in [-0.2, 0) is 4.79 Å². The summed E-state index contributed by atoms with van der Waals surface area (Å²) in [5.41, 5.74) is 1.17. The smallest absolute Gasteiger partial charge is 0.319 e. The van der Waals surface area contributed by atoms with Crippen LogP contribution in [0.3, 0.4) is 0 Å². The minimum atomic E-state index is -0.454. The largest absolute Gasteiger partial charge is 0.455 e. The first-order chi connectivity index (χ1) is 13.2. The maximum Gasteiger partial charge on any atom is 0.319 e. The van der Waals surface area contributed by atoms with E-state index in [1.54, 1.807) is 30.3 Å². The molecule has 0 spiro atoms. The lowest BCUT2D eigenvalue weighted by Gasteiger charge is -2.12. The number of hydrogen-bond acceptors (Lipinski definition) is 3. The van der Waals surface area contributed by atoms with E-state index in [0.29, 0.717) is 22.9 Å². The van der Waals surface area contributed by atoms with Gasteiger partial charge in [0, 0.05) is 5.69 Å². The lowest BCUT2D eigenvalue weighted by Crippen LogP contribution is -2.35. The van der Waals surface area contributed by atoms with E-state index in [1.165, 1.54) is 0 Å². The van der Waals surface area contributed by atoms with Gasteiger partial charge in [-0.2, -0.15) is 0 Å². The zero-order chi connectivity index (χ0) is 18.9. The van der Waals surface area contributed by atoms with Gasteiger partial charge in [0.15, 0.2) is 5.75 Å². The first-order valence-corrected chi connectivity index (χ1v) is 8.42. The van der Waals surface area contributed by atoms with Gasteiger partial charge in [-0.05, 0) is 36.4 Å². The Morgan fingerprint density at radius 3 is 2.11 bits per heavy atom. The zero-order valence-electron chi connectivity index (χ0n) is 14.5. The molecule has 6 nitrogen and oxygen atoms in total. The summed E-state index contributed by atoms with van der Waals surface area (Å²) in [6.45, 7) is -0.168. The Kier molecular flexibility index (Phi) is 6.04. The van der Waals surface area contributed by atoms with E-state index in [1.807, 2.05) is 54.6 Å². The molecule has 0 heterocycles. The van der Waals surface area contributed by atoms with E-state index in [4.69, 9.17) is 4.74 Å². The fourth-order valence-corrected chi connectivity index (χ4v) is 2.33. The molecule has 136 valence electrons. The van der Waals surface area contributed by atoms with Gasteiger partial charge < -0.3 is 20.7 Å². The van der Waals surface area contributed by atoms with Crippen molar-refractivity contribution in [2.45, 2.75) is 0 Å². The van der Waals surface area contributed by atoms with Gasteiger partial charge >= 0.3 is 6.03 Å². The van der Waals surface area contributed by atoms with Crippen molar-refractivity contribution in [3.05, 3.63) is 84.9 Å². The molecule has 0 saturated carbocycles. The Hall–Kier alpha value is -3.80. The third-order valence-electron chi connectivity index (χ3n) is 3.57. The molecule has 0 bridgehead atoms. The average Bonchev–Trinajstić information content (AvgIpc) is 2.69. The molecule has 3 aromatic rings. The molecule has 0 aromatic heterocycles. The van der Waals surface area contributed by atoms with Crippen LogP contribution < -0.4 is 20.7 Å². The minimum Gasteiger partial charge on any atom is -0.455 e. The molecule has 0 fully saturated rings. The highest BCUT2D eigenvalue weighted by molar-refractivity contribution is 5.97. The maximum absolute atomic E-state index is 12.2. The van der Waals surface area contributed by atoms with Crippen LogP contribution >= 0.6 is 0 Å². The summed E-state index contributed by atoms with van der Waals surface area (Å²) < 4.78 is 5.80. The van der Waals surface area contributed by atoms with Gasteiger partial charge in [-0.3, -0.25) is 4.79 Å². The standard InChI is InChI=1S/C21H19N3O3/c25-20(15-22-21(26)23-16-9-3-1-4-10-16)24-18-13-7-8-14-19(18)27-17-11-5-2-6-12-17/h1-14H,15H2,(H,24,25)(H2,22,23,26). The van der Waals surface area contributed by atoms with Crippen LogP contribution in [0.15, 0.2) is 84.9 Å². The second-order valence-electron chi connectivity index (χ2n) is 5.63. The molecular formula is C21H19N3O3. The first kappa shape index (κ1) is 18.0. The number of benzene rings is 3. The number of amides is 3. The van der Waals surface area contributed by atoms with Crippen LogP contribution in [0.4, 0.5) is 16.2 Å². The monoisotopic (exact) mass is 361 g/mol. The molecule has 3 amide bonds. The van der Waals surface area contributed by atoms with Crippen molar-refractivity contribution in [2.24, 2.45) is 0 Å². The van der Waals surface area contributed by atoms with Crippen LogP contribution in [0.1, 0.15) is 0 Å². The molecule has 0 atom stereocenters. The third kappa shape index (κ3) is 5.61. The average molecular weight is 361 g/mol. The van der Waals surface area contributed by atoms with Gasteiger partial charge in [0.25, 0.3) is 0 Å². The molecule has 6 heteroatoms. The van der Waals surface area contributed by atoms with Crippen LogP contribution in [-0.4, -0.2) is 18.5 Å². The SMILES string of the molecule is O=C(CNC(=O)Nc1ccccc1)Nc1ccccc1Oc1ccccc1. The van der Waals surface area contributed by atoms with Crippen molar-refractivity contribution in [1.82, 2.24) is 5.32 Å². The van der Waals surface area contributed by atoms with E-state index in [9.17, 15) is 9.59 Å². The number of carbonyl (C=O) groups is 2. The second-order valence-corrected chi connectivity index (χ2v) is 5.63. The third-order valence-corrected chi connectivity index (χ3v) is 3.57. The fourth-order valence-electron chi connectivity index (χ4n) is 2.33. The first-order valence-electron chi connectivity index (χ1n) is 8.42. The van der Waals surface area contributed by atoms with E-state index < -0.39 is 6.03 Å². The highest BCUT2D eigenvalue weighted by atomic mass is 16.5. The summed E-state index contributed by atoms with van der Waals surface area (Å²) in [6.07, 6.45) is 0. The van der Waals surface area contributed by atoms with Gasteiger partial charge in [-0.15, -0.1) is 0 Å². The van der Waals surface area contributed by atoms with Crippen molar-refractivity contribution in [3.63, 3.8) is 0 Å². The molecule has 3 aromatic carbocycles. The normalized spacial score (nSPS) is 9.93. The molecule has 3 N–H and O–H groups in total. The second kappa shape index (κ2) is 9.05. The van der Waals surface area contributed by atoms with Crippen molar-refractivity contribution in [1.29, 1.82) is 0 Å². The lowest BCUT2D eigenvalue weighted by molar-refractivity contribution is -0.115. The van der Waals surface area contributed by atoms with Gasteiger partial charge in [0.1, 0.15) is 5.75 Å². The summed E-state index contributed by atoms with van der Waals surface area (Å²) in [5, 5.41) is 7.91. The van der Waals surface area contributed by atoms with Crippen molar-refractivity contribution < 1.29 is 14.3 Å². The van der Waals surface area contributed by atoms with Crippen molar-refractivity contribution in [3.8, 4) is 11.5 Å². The molecular weight excluding hydrogens is 342 g/mol. The Labute approximate surface area is 157 Å². The quantitative estimate of drug-likeness (QED) is 0.614. The molecule has 3 rings (SSSR count). The molecule has 0 aliphatic rings. The van der Waals surface area contributed by atoms with E-state index in [-0.39, 0.29) is 12.5 Å². The lowest BCUT2D eigenvalue weighted by atomic mass is 10.3. The van der Waals surface area contributed by atoms with Gasteiger partial charge in [-0.25, -0.2) is 4.79 Å². The van der Waals surface area contributed by atoms with E-state index in [0.717, 1.165) is 0 Å². The number of nitrogens with one attached hydrogen (secondary N) is 3. The molecule has 0 aliphatic heterocycles. The van der Waals surface area contributed by atoms with Gasteiger partial charge in [0.2, 0.25) is 5.91 Å². The Balaban J connectivity index is 1.54. The van der Waals surface area contributed by atoms with E-state index in [2.05, 4.69) is 16.0 Å². The number of rotatable bonds is 6. The predicted octanol–water partition coefficient (Wildman–Crippen LogP) is 4.24. The number of urea groups is 1. The number of carbonyl (C=O) groups excluding carboxylic acids is 2. The number of para-hydroxylation sites is 4. The number of hydrogen-bond donors (Lipinski definition) is 3. The van der Waals surface area contributed by atoms with Gasteiger partial charge in [0.05, 0.1) is 12.2 Å². The maximum atomic E-state index is 12.2. The van der Waals surface area contributed by atoms with Crippen molar-refractivity contribution in [2.75, 3.05) is 17.2 Å². The van der Waals surface area contributed by atoms with Gasteiger partial charge in [-0.1, -0.05) is 48.5 Å². The van der Waals surface area contributed by atoms with Crippen LogP contribution in [0.25, 0.3) is 0 Å². The molecule has 27 heavy (non-hydrogen) atoms. The summed E-state index contributed by atoms with van der Waals surface area (Å²) in [4.78, 5) is 24.0. The zero-order valence-corrected chi connectivity index (χ0v) is 14.5. The summed E-state index contributed by atoms with van der Waals surface area (Å²) in [6, 6.07) is 24.9. The van der Waals surface area contributed by atoms with Crippen LogP contribution in [0.5, 0.6) is 11.5 Å². The Morgan fingerprint density at radius 1 is 0.741 bits per heavy atom. The molecule has 0 aliphatic carbocycles.